The summed E-state index contributed by atoms with van der Waals surface area (Å²) in [4.78, 5) is 13.6. The molecule has 0 bridgehead atoms. The van der Waals surface area contributed by atoms with Gasteiger partial charge in [0, 0.05) is 5.02 Å². The fraction of sp³-hybridized carbons (Fsp3) is 0.133. The van der Waals surface area contributed by atoms with Gasteiger partial charge in [0.1, 0.15) is 11.5 Å². The third-order valence-electron chi connectivity index (χ3n) is 2.86. The SMILES string of the molecule is COc1ccc(OCC(=O)NNS(=O)(=O)c2cccc(Cl)c2)cc1. The highest BCUT2D eigenvalue weighted by atomic mass is 35.5. The Kier molecular flexibility index (Phi) is 6.02. The van der Waals surface area contributed by atoms with Gasteiger partial charge < -0.3 is 9.47 Å². The monoisotopic (exact) mass is 370 g/mol. The average molecular weight is 371 g/mol. The first-order valence-corrected chi connectivity index (χ1v) is 8.60. The van der Waals surface area contributed by atoms with Crippen molar-refractivity contribution in [2.45, 2.75) is 4.90 Å². The van der Waals surface area contributed by atoms with E-state index in [0.29, 0.717) is 11.5 Å². The first-order valence-electron chi connectivity index (χ1n) is 6.74. The van der Waals surface area contributed by atoms with E-state index in [2.05, 4.69) is 5.43 Å². The van der Waals surface area contributed by atoms with Crippen LogP contribution in [0.2, 0.25) is 5.02 Å². The molecule has 2 aromatic rings. The molecule has 0 aliphatic heterocycles. The normalized spacial score (nSPS) is 10.9. The maximum atomic E-state index is 12.0. The molecule has 0 atom stereocenters. The quantitative estimate of drug-likeness (QED) is 0.724. The number of rotatable bonds is 7. The molecule has 0 saturated carbocycles. The van der Waals surface area contributed by atoms with Gasteiger partial charge in [0.05, 0.1) is 12.0 Å². The Balaban J connectivity index is 1.86. The van der Waals surface area contributed by atoms with Gasteiger partial charge in [0.25, 0.3) is 15.9 Å². The number of sulfonamides is 1. The number of nitrogens with one attached hydrogen (secondary N) is 2. The minimum absolute atomic E-state index is 0.0635. The van der Waals surface area contributed by atoms with Crippen molar-refractivity contribution in [1.82, 2.24) is 10.3 Å². The summed E-state index contributed by atoms with van der Waals surface area (Å²) in [5.41, 5.74) is 2.06. The molecule has 0 radical (unpaired) electrons. The molecule has 128 valence electrons. The maximum Gasteiger partial charge on any atom is 0.272 e. The molecule has 24 heavy (non-hydrogen) atoms. The van der Waals surface area contributed by atoms with Crippen molar-refractivity contribution in [2.24, 2.45) is 0 Å². The topological polar surface area (TPSA) is 93.7 Å². The number of benzene rings is 2. The summed E-state index contributed by atoms with van der Waals surface area (Å²) >= 11 is 5.74. The molecular formula is C15H15ClN2O5S. The molecule has 0 spiro atoms. The average Bonchev–Trinajstić information content (AvgIpc) is 2.58. The largest absolute Gasteiger partial charge is 0.497 e. The number of methoxy groups -OCH3 is 1. The fourth-order valence-electron chi connectivity index (χ4n) is 1.67. The van der Waals surface area contributed by atoms with Gasteiger partial charge in [-0.15, -0.1) is 4.83 Å². The highest BCUT2D eigenvalue weighted by molar-refractivity contribution is 7.89. The Morgan fingerprint density at radius 2 is 1.79 bits per heavy atom. The van der Waals surface area contributed by atoms with Crippen LogP contribution in [0.3, 0.4) is 0 Å². The van der Waals surface area contributed by atoms with Gasteiger partial charge in [-0.3, -0.25) is 10.2 Å². The van der Waals surface area contributed by atoms with E-state index in [0.717, 1.165) is 0 Å². The lowest BCUT2D eigenvalue weighted by molar-refractivity contribution is -0.123. The molecule has 2 rings (SSSR count). The second-order valence-corrected chi connectivity index (χ2v) is 6.69. The summed E-state index contributed by atoms with van der Waals surface area (Å²) in [6.45, 7) is -0.357. The summed E-state index contributed by atoms with van der Waals surface area (Å²) in [6.07, 6.45) is 0. The van der Waals surface area contributed by atoms with E-state index in [1.165, 1.54) is 25.3 Å². The van der Waals surface area contributed by atoms with Crippen molar-refractivity contribution in [1.29, 1.82) is 0 Å². The fourth-order valence-corrected chi connectivity index (χ4v) is 2.83. The van der Waals surface area contributed by atoms with Crippen molar-refractivity contribution >= 4 is 27.5 Å². The van der Waals surface area contributed by atoms with Crippen molar-refractivity contribution < 1.29 is 22.7 Å². The van der Waals surface area contributed by atoms with E-state index in [-0.39, 0.29) is 16.5 Å². The molecule has 0 aromatic heterocycles. The number of hydrogen-bond acceptors (Lipinski definition) is 5. The molecule has 0 saturated heterocycles. The van der Waals surface area contributed by atoms with Gasteiger partial charge in [0.15, 0.2) is 6.61 Å². The van der Waals surface area contributed by atoms with Crippen LogP contribution in [0.5, 0.6) is 11.5 Å². The Morgan fingerprint density at radius 3 is 2.42 bits per heavy atom. The second-order valence-electron chi connectivity index (χ2n) is 4.58. The Bertz CT molecular complexity index is 809. The third-order valence-corrected chi connectivity index (χ3v) is 4.34. The zero-order chi connectivity index (χ0) is 17.6. The Morgan fingerprint density at radius 1 is 1.12 bits per heavy atom. The van der Waals surface area contributed by atoms with Gasteiger partial charge in [0.2, 0.25) is 0 Å². The molecule has 9 heteroatoms. The number of halogens is 1. The number of carbonyl (C=O) groups is 1. The minimum atomic E-state index is -3.91. The van der Waals surface area contributed by atoms with Crippen LogP contribution in [0, 0.1) is 0 Å². The molecule has 1 amide bonds. The highest BCUT2D eigenvalue weighted by Gasteiger charge is 2.15. The number of ether oxygens (including phenoxy) is 2. The van der Waals surface area contributed by atoms with Gasteiger partial charge in [-0.1, -0.05) is 17.7 Å². The van der Waals surface area contributed by atoms with Gasteiger partial charge in [-0.25, -0.2) is 8.42 Å². The van der Waals surface area contributed by atoms with E-state index < -0.39 is 15.9 Å². The zero-order valence-corrected chi connectivity index (χ0v) is 14.2. The Labute approximate surface area is 144 Å². The lowest BCUT2D eigenvalue weighted by Gasteiger charge is -2.10. The van der Waals surface area contributed by atoms with E-state index in [1.807, 2.05) is 4.83 Å². The molecule has 7 nitrogen and oxygen atoms in total. The van der Waals surface area contributed by atoms with Crippen LogP contribution < -0.4 is 19.7 Å². The summed E-state index contributed by atoms with van der Waals surface area (Å²) in [7, 11) is -2.37. The van der Waals surface area contributed by atoms with Crippen molar-refractivity contribution in [3.05, 3.63) is 53.6 Å². The summed E-state index contributed by atoms with van der Waals surface area (Å²) in [6, 6.07) is 12.3. The van der Waals surface area contributed by atoms with Crippen LogP contribution in [0.15, 0.2) is 53.4 Å². The standard InChI is InChI=1S/C15H15ClN2O5S/c1-22-12-5-7-13(8-6-12)23-10-15(19)17-18-24(20,21)14-4-2-3-11(16)9-14/h2-9,18H,10H2,1H3,(H,17,19). The van der Waals surface area contributed by atoms with E-state index in [1.54, 1.807) is 30.3 Å². The lowest BCUT2D eigenvalue weighted by atomic mass is 10.3. The maximum absolute atomic E-state index is 12.0. The summed E-state index contributed by atoms with van der Waals surface area (Å²) in [5.74, 6) is 0.446. The molecule has 0 aliphatic carbocycles. The third kappa shape index (κ3) is 5.12. The zero-order valence-electron chi connectivity index (χ0n) is 12.7. The van der Waals surface area contributed by atoms with Crippen molar-refractivity contribution in [3.63, 3.8) is 0 Å². The van der Waals surface area contributed by atoms with E-state index in [4.69, 9.17) is 21.1 Å². The predicted molar refractivity (Wildman–Crippen MR) is 88.4 cm³/mol. The molecule has 0 unspecified atom stereocenters. The molecular weight excluding hydrogens is 356 g/mol. The van der Waals surface area contributed by atoms with Crippen molar-refractivity contribution in [3.8, 4) is 11.5 Å². The van der Waals surface area contributed by atoms with Crippen LogP contribution in [0.4, 0.5) is 0 Å². The van der Waals surface area contributed by atoms with Gasteiger partial charge >= 0.3 is 0 Å². The molecule has 0 fully saturated rings. The highest BCUT2D eigenvalue weighted by Crippen LogP contribution is 2.17. The first-order chi connectivity index (χ1) is 11.4. The number of carbonyl (C=O) groups excluding carboxylic acids is 1. The number of hydrazine groups is 1. The smallest absolute Gasteiger partial charge is 0.272 e. The number of hydrogen-bond donors (Lipinski definition) is 2. The van der Waals surface area contributed by atoms with Crippen LogP contribution in [-0.4, -0.2) is 28.0 Å². The van der Waals surface area contributed by atoms with Gasteiger partial charge in [-0.05, 0) is 42.5 Å². The lowest BCUT2D eigenvalue weighted by Crippen LogP contribution is -2.43. The Hall–Kier alpha value is -2.29. The second kappa shape index (κ2) is 8.00. The predicted octanol–water partition coefficient (Wildman–Crippen LogP) is 1.74. The van der Waals surface area contributed by atoms with Crippen molar-refractivity contribution in [2.75, 3.05) is 13.7 Å². The molecule has 2 aromatic carbocycles. The van der Waals surface area contributed by atoms with Crippen LogP contribution in [-0.2, 0) is 14.8 Å². The van der Waals surface area contributed by atoms with Crippen LogP contribution >= 0.6 is 11.6 Å². The summed E-state index contributed by atoms with van der Waals surface area (Å²) in [5, 5.41) is 0.270. The minimum Gasteiger partial charge on any atom is -0.497 e. The van der Waals surface area contributed by atoms with E-state index >= 15 is 0 Å². The molecule has 0 aliphatic rings. The molecule has 0 heterocycles. The van der Waals surface area contributed by atoms with Gasteiger partial charge in [-0.2, -0.15) is 0 Å². The van der Waals surface area contributed by atoms with Crippen LogP contribution in [0.25, 0.3) is 0 Å². The molecule has 2 N–H and O–H groups in total. The first kappa shape index (κ1) is 18.1. The number of amides is 1. The van der Waals surface area contributed by atoms with E-state index in [9.17, 15) is 13.2 Å². The summed E-state index contributed by atoms with van der Waals surface area (Å²) < 4.78 is 34.2. The van der Waals surface area contributed by atoms with Crippen LogP contribution in [0.1, 0.15) is 0 Å².